The molecule has 3 aromatic carbocycles. The quantitative estimate of drug-likeness (QED) is 0.421. The number of hydrogen-bond donors (Lipinski definition) is 1. The van der Waals surface area contributed by atoms with E-state index in [4.69, 9.17) is 9.47 Å². The van der Waals surface area contributed by atoms with Crippen LogP contribution in [0.4, 0.5) is 5.69 Å². The number of sulfone groups is 1. The Hall–Kier alpha value is -4.11. The van der Waals surface area contributed by atoms with E-state index < -0.39 is 26.1 Å². The van der Waals surface area contributed by atoms with E-state index in [1.807, 2.05) is 6.92 Å². The molecule has 1 amide bonds. The van der Waals surface area contributed by atoms with E-state index in [0.29, 0.717) is 22.7 Å². The van der Waals surface area contributed by atoms with Crippen LogP contribution in [0.1, 0.15) is 5.56 Å². The Morgan fingerprint density at radius 3 is 2.31 bits per heavy atom. The first-order valence-electron chi connectivity index (χ1n) is 10.7. The number of carbonyl (C=O) groups excluding carboxylic acids is 1. The van der Waals surface area contributed by atoms with Gasteiger partial charge in [-0.05, 0) is 49.4 Å². The van der Waals surface area contributed by atoms with Crippen molar-refractivity contribution in [1.82, 2.24) is 4.57 Å². The Bertz CT molecular complexity index is 1570. The lowest BCUT2D eigenvalue weighted by molar-refractivity contribution is -0.116. The van der Waals surface area contributed by atoms with Gasteiger partial charge in [0.05, 0.1) is 30.0 Å². The minimum atomic E-state index is -4.15. The van der Waals surface area contributed by atoms with Crippen LogP contribution in [0.5, 0.6) is 11.5 Å². The van der Waals surface area contributed by atoms with E-state index >= 15 is 0 Å². The van der Waals surface area contributed by atoms with E-state index in [9.17, 15) is 18.0 Å². The van der Waals surface area contributed by atoms with Gasteiger partial charge in [0.15, 0.2) is 0 Å². The monoisotopic (exact) mass is 492 g/mol. The number of aryl methyl sites for hydroxylation is 1. The Labute approximate surface area is 202 Å². The fourth-order valence-electron chi connectivity index (χ4n) is 3.70. The molecule has 35 heavy (non-hydrogen) atoms. The number of aromatic nitrogens is 1. The summed E-state index contributed by atoms with van der Waals surface area (Å²) in [6, 6.07) is 17.8. The van der Waals surface area contributed by atoms with Gasteiger partial charge in [-0.3, -0.25) is 9.59 Å². The van der Waals surface area contributed by atoms with Gasteiger partial charge in [0.1, 0.15) is 22.9 Å². The van der Waals surface area contributed by atoms with Crippen LogP contribution in [0.15, 0.2) is 87.5 Å². The Morgan fingerprint density at radius 2 is 1.63 bits per heavy atom. The number of anilines is 1. The van der Waals surface area contributed by atoms with E-state index in [1.165, 1.54) is 43.2 Å². The van der Waals surface area contributed by atoms with Crippen molar-refractivity contribution in [3.05, 3.63) is 88.7 Å². The highest BCUT2D eigenvalue weighted by molar-refractivity contribution is 7.91. The average molecular weight is 493 g/mol. The molecule has 1 heterocycles. The van der Waals surface area contributed by atoms with Crippen molar-refractivity contribution >= 4 is 32.3 Å². The molecule has 0 bridgehead atoms. The largest absolute Gasteiger partial charge is 0.497 e. The number of nitrogens with zero attached hydrogens (tertiary/aromatic N) is 1. The summed E-state index contributed by atoms with van der Waals surface area (Å²) in [6.45, 7) is 1.61. The van der Waals surface area contributed by atoms with Gasteiger partial charge in [-0.15, -0.1) is 0 Å². The second-order valence-corrected chi connectivity index (χ2v) is 9.85. The molecule has 0 aliphatic heterocycles. The van der Waals surface area contributed by atoms with Crippen LogP contribution in [0.3, 0.4) is 0 Å². The topological polar surface area (TPSA) is 104 Å². The van der Waals surface area contributed by atoms with Gasteiger partial charge < -0.3 is 19.4 Å². The highest BCUT2D eigenvalue weighted by Gasteiger charge is 2.24. The van der Waals surface area contributed by atoms with Gasteiger partial charge in [-0.25, -0.2) is 8.42 Å². The summed E-state index contributed by atoms with van der Waals surface area (Å²) in [5.74, 6) is 0.569. The van der Waals surface area contributed by atoms with Gasteiger partial charge in [0, 0.05) is 18.0 Å². The predicted molar refractivity (Wildman–Crippen MR) is 133 cm³/mol. The van der Waals surface area contributed by atoms with Crippen molar-refractivity contribution in [2.75, 3.05) is 19.5 Å². The lowest BCUT2D eigenvalue weighted by atomic mass is 10.2. The zero-order valence-electron chi connectivity index (χ0n) is 19.4. The molecule has 0 aliphatic rings. The van der Waals surface area contributed by atoms with Crippen LogP contribution in [0, 0.1) is 6.92 Å². The van der Waals surface area contributed by atoms with Gasteiger partial charge in [0.2, 0.25) is 21.2 Å². The number of amides is 1. The number of benzene rings is 3. The summed E-state index contributed by atoms with van der Waals surface area (Å²) in [4.78, 5) is 25.8. The Kier molecular flexibility index (Phi) is 6.61. The van der Waals surface area contributed by atoms with E-state index in [1.54, 1.807) is 48.5 Å². The van der Waals surface area contributed by atoms with E-state index in [2.05, 4.69) is 5.32 Å². The molecule has 0 spiro atoms. The maximum Gasteiger partial charge on any atom is 0.244 e. The number of pyridine rings is 1. The molecule has 0 fully saturated rings. The fraction of sp³-hybridized carbons (Fsp3) is 0.154. The van der Waals surface area contributed by atoms with E-state index in [-0.39, 0.29) is 16.8 Å². The highest BCUT2D eigenvalue weighted by atomic mass is 32.2. The third-order valence-electron chi connectivity index (χ3n) is 5.54. The zero-order chi connectivity index (χ0) is 25.2. The molecule has 8 nitrogen and oxygen atoms in total. The normalized spacial score (nSPS) is 11.3. The number of carbonyl (C=O) groups is 1. The first kappa shape index (κ1) is 24.0. The summed E-state index contributed by atoms with van der Waals surface area (Å²) < 4.78 is 38.7. The molecule has 0 saturated carbocycles. The summed E-state index contributed by atoms with van der Waals surface area (Å²) in [5, 5.41) is 2.90. The van der Waals surface area contributed by atoms with Crippen molar-refractivity contribution in [2.24, 2.45) is 0 Å². The van der Waals surface area contributed by atoms with Gasteiger partial charge in [0.25, 0.3) is 0 Å². The molecule has 9 heteroatoms. The van der Waals surface area contributed by atoms with Gasteiger partial charge in [-0.1, -0.05) is 23.8 Å². The fourth-order valence-corrected chi connectivity index (χ4v) is 5.07. The molecule has 4 rings (SSSR count). The van der Waals surface area contributed by atoms with Crippen LogP contribution >= 0.6 is 0 Å². The average Bonchev–Trinajstić information content (AvgIpc) is 2.85. The van der Waals surface area contributed by atoms with Crippen LogP contribution in [0.2, 0.25) is 0 Å². The standard InChI is InChI=1S/C26H24N2O6S/c1-17-7-10-21(11-8-17)35(31,32)24-15-28(23-12-9-20(34-3)14-22(23)26(24)30)16-25(29)27-18-5-4-6-19(13-18)33-2/h4-15H,16H2,1-3H3,(H,27,29). The molecule has 0 aliphatic carbocycles. The smallest absolute Gasteiger partial charge is 0.244 e. The first-order chi connectivity index (χ1) is 16.7. The van der Waals surface area contributed by atoms with Crippen LogP contribution < -0.4 is 20.2 Å². The second kappa shape index (κ2) is 9.63. The third-order valence-corrected chi connectivity index (χ3v) is 7.31. The number of ether oxygens (including phenoxy) is 2. The molecule has 180 valence electrons. The Morgan fingerprint density at radius 1 is 0.943 bits per heavy atom. The number of nitrogens with one attached hydrogen (secondary N) is 1. The maximum atomic E-state index is 13.4. The van der Waals surface area contributed by atoms with Crippen LogP contribution in [-0.2, 0) is 21.2 Å². The van der Waals surface area contributed by atoms with Gasteiger partial charge >= 0.3 is 0 Å². The molecule has 0 atom stereocenters. The summed E-state index contributed by atoms with van der Waals surface area (Å²) in [5.41, 5.74) is 1.15. The number of methoxy groups -OCH3 is 2. The lowest BCUT2D eigenvalue weighted by Crippen LogP contribution is -2.24. The maximum absolute atomic E-state index is 13.4. The van der Waals surface area contributed by atoms with Crippen LogP contribution in [-0.4, -0.2) is 33.1 Å². The van der Waals surface area contributed by atoms with E-state index in [0.717, 1.165) is 5.56 Å². The molecule has 0 radical (unpaired) electrons. The lowest BCUT2D eigenvalue weighted by Gasteiger charge is -2.15. The molecule has 0 unspecified atom stereocenters. The molecule has 1 N–H and O–H groups in total. The van der Waals surface area contributed by atoms with Gasteiger partial charge in [-0.2, -0.15) is 0 Å². The highest BCUT2D eigenvalue weighted by Crippen LogP contribution is 2.24. The zero-order valence-corrected chi connectivity index (χ0v) is 20.3. The summed E-state index contributed by atoms with van der Waals surface area (Å²) in [6.07, 6.45) is 1.22. The first-order valence-corrected chi connectivity index (χ1v) is 12.2. The third kappa shape index (κ3) is 4.90. The molecule has 1 aromatic heterocycles. The minimum absolute atomic E-state index is 0.00479. The van der Waals surface area contributed by atoms with Crippen LogP contribution in [0.25, 0.3) is 10.9 Å². The molecule has 0 saturated heterocycles. The summed E-state index contributed by atoms with van der Waals surface area (Å²) in [7, 11) is -1.17. The SMILES string of the molecule is COc1cccc(NC(=O)Cn2cc(S(=O)(=O)c3ccc(C)cc3)c(=O)c3cc(OC)ccc32)c1. The summed E-state index contributed by atoms with van der Waals surface area (Å²) >= 11 is 0. The van der Waals surface area contributed by atoms with Crippen molar-refractivity contribution in [3.8, 4) is 11.5 Å². The number of hydrogen-bond acceptors (Lipinski definition) is 6. The minimum Gasteiger partial charge on any atom is -0.497 e. The number of rotatable bonds is 7. The Balaban J connectivity index is 1.81. The molecule has 4 aromatic rings. The van der Waals surface area contributed by atoms with Crippen molar-refractivity contribution < 1.29 is 22.7 Å². The molecular weight excluding hydrogens is 468 g/mol. The van der Waals surface area contributed by atoms with Crippen molar-refractivity contribution in [3.63, 3.8) is 0 Å². The molecular formula is C26H24N2O6S. The van der Waals surface area contributed by atoms with Crippen molar-refractivity contribution in [1.29, 1.82) is 0 Å². The number of fused-ring (bicyclic) bond motifs is 1. The van der Waals surface area contributed by atoms with Crippen molar-refractivity contribution in [2.45, 2.75) is 23.3 Å². The predicted octanol–water partition coefficient (Wildman–Crippen LogP) is 3.80. The second-order valence-electron chi connectivity index (χ2n) is 7.93.